The predicted molar refractivity (Wildman–Crippen MR) is 86.1 cm³/mol. The van der Waals surface area contributed by atoms with Gasteiger partial charge in [-0.2, -0.15) is 5.10 Å². The molecule has 0 saturated heterocycles. The molecular formula is C17H12ClN3. The van der Waals surface area contributed by atoms with Gasteiger partial charge in [0.25, 0.3) is 0 Å². The molecule has 0 amide bonds. The quantitative estimate of drug-likeness (QED) is 0.516. The van der Waals surface area contributed by atoms with E-state index in [0.29, 0.717) is 5.02 Å². The Morgan fingerprint density at radius 1 is 1.00 bits per heavy atom. The highest BCUT2D eigenvalue weighted by molar-refractivity contribution is 6.30. The van der Waals surface area contributed by atoms with Crippen molar-refractivity contribution < 1.29 is 0 Å². The van der Waals surface area contributed by atoms with Crippen LogP contribution in [0.5, 0.6) is 0 Å². The maximum absolute atomic E-state index is 5.96. The fourth-order valence-electron chi connectivity index (χ4n) is 2.55. The van der Waals surface area contributed by atoms with Crippen LogP contribution in [0.25, 0.3) is 27.6 Å². The Kier molecular flexibility index (Phi) is 2.69. The van der Waals surface area contributed by atoms with Gasteiger partial charge in [0.15, 0.2) is 5.65 Å². The van der Waals surface area contributed by atoms with Crippen molar-refractivity contribution in [2.75, 3.05) is 0 Å². The molecule has 21 heavy (non-hydrogen) atoms. The number of halogens is 1. The summed E-state index contributed by atoms with van der Waals surface area (Å²) in [7, 11) is 0. The highest BCUT2D eigenvalue weighted by atomic mass is 35.5. The Hall–Kier alpha value is -2.39. The number of pyridine rings is 1. The molecule has 0 radical (unpaired) electrons. The van der Waals surface area contributed by atoms with Crippen LogP contribution >= 0.6 is 11.6 Å². The first-order valence-electron chi connectivity index (χ1n) is 6.73. The first kappa shape index (κ1) is 12.4. The number of nitrogens with zero attached hydrogens (tertiary/aromatic N) is 3. The molecule has 102 valence electrons. The molecule has 2 aromatic carbocycles. The van der Waals surface area contributed by atoms with Crippen molar-refractivity contribution in [2.24, 2.45) is 0 Å². The van der Waals surface area contributed by atoms with E-state index in [9.17, 15) is 0 Å². The van der Waals surface area contributed by atoms with Crippen molar-refractivity contribution in [1.82, 2.24) is 14.8 Å². The molecule has 0 bridgehead atoms. The lowest BCUT2D eigenvalue weighted by molar-refractivity contribution is 0.879. The van der Waals surface area contributed by atoms with Crippen LogP contribution in [0.1, 0.15) is 5.69 Å². The Morgan fingerprint density at radius 2 is 1.76 bits per heavy atom. The van der Waals surface area contributed by atoms with Crippen molar-refractivity contribution in [1.29, 1.82) is 0 Å². The summed E-state index contributed by atoms with van der Waals surface area (Å²) in [5.74, 6) is 0. The van der Waals surface area contributed by atoms with Crippen LogP contribution in [0.15, 0.2) is 54.6 Å². The second-order valence-electron chi connectivity index (χ2n) is 5.03. The van der Waals surface area contributed by atoms with Gasteiger partial charge in [0, 0.05) is 15.8 Å². The van der Waals surface area contributed by atoms with Gasteiger partial charge in [-0.15, -0.1) is 0 Å². The van der Waals surface area contributed by atoms with Gasteiger partial charge in [0.2, 0.25) is 0 Å². The summed E-state index contributed by atoms with van der Waals surface area (Å²) >= 11 is 5.96. The van der Waals surface area contributed by atoms with Gasteiger partial charge in [-0.25, -0.2) is 9.67 Å². The highest BCUT2D eigenvalue weighted by Gasteiger charge is 2.11. The molecule has 0 saturated carbocycles. The van der Waals surface area contributed by atoms with Crippen LogP contribution in [-0.4, -0.2) is 14.8 Å². The summed E-state index contributed by atoms with van der Waals surface area (Å²) in [6, 6.07) is 17.9. The molecular weight excluding hydrogens is 282 g/mol. The van der Waals surface area contributed by atoms with E-state index in [0.717, 1.165) is 33.3 Å². The molecule has 4 heteroatoms. The number of para-hydroxylation sites is 1. The van der Waals surface area contributed by atoms with E-state index in [2.05, 4.69) is 17.2 Å². The van der Waals surface area contributed by atoms with E-state index < -0.39 is 0 Å². The lowest BCUT2D eigenvalue weighted by Crippen LogP contribution is -1.97. The molecule has 0 atom stereocenters. The fraction of sp³-hybridized carbons (Fsp3) is 0.0588. The monoisotopic (exact) mass is 293 g/mol. The minimum Gasteiger partial charge on any atom is -0.228 e. The van der Waals surface area contributed by atoms with Crippen molar-refractivity contribution in [3.63, 3.8) is 0 Å². The topological polar surface area (TPSA) is 30.7 Å². The second-order valence-corrected chi connectivity index (χ2v) is 5.46. The van der Waals surface area contributed by atoms with Gasteiger partial charge in [0.1, 0.15) is 0 Å². The van der Waals surface area contributed by atoms with Gasteiger partial charge in [-0.1, -0.05) is 29.8 Å². The molecule has 2 heterocycles. The first-order chi connectivity index (χ1) is 10.2. The highest BCUT2D eigenvalue weighted by Crippen LogP contribution is 2.25. The molecule has 0 aliphatic carbocycles. The lowest BCUT2D eigenvalue weighted by atomic mass is 10.1. The zero-order valence-electron chi connectivity index (χ0n) is 11.4. The number of aromatic nitrogens is 3. The van der Waals surface area contributed by atoms with Crippen molar-refractivity contribution in [3.8, 4) is 5.69 Å². The van der Waals surface area contributed by atoms with Crippen LogP contribution in [0, 0.1) is 6.92 Å². The minimum atomic E-state index is 0.713. The van der Waals surface area contributed by atoms with Crippen molar-refractivity contribution >= 4 is 33.5 Å². The number of hydrogen-bond acceptors (Lipinski definition) is 2. The number of benzene rings is 2. The molecule has 0 fully saturated rings. The van der Waals surface area contributed by atoms with E-state index in [4.69, 9.17) is 16.6 Å². The summed E-state index contributed by atoms with van der Waals surface area (Å²) in [4.78, 5) is 4.76. The third kappa shape index (κ3) is 1.98. The molecule has 0 spiro atoms. The Labute approximate surface area is 126 Å². The summed E-state index contributed by atoms with van der Waals surface area (Å²) in [6.45, 7) is 2.01. The molecule has 0 N–H and O–H groups in total. The number of fused-ring (bicyclic) bond motifs is 2. The third-order valence-electron chi connectivity index (χ3n) is 3.62. The molecule has 0 aliphatic rings. The summed E-state index contributed by atoms with van der Waals surface area (Å²) in [5, 5.41) is 7.54. The average molecular weight is 294 g/mol. The van der Waals surface area contributed by atoms with Gasteiger partial charge in [-0.3, -0.25) is 0 Å². The summed E-state index contributed by atoms with van der Waals surface area (Å²) in [6.07, 6.45) is 0. The number of hydrogen-bond donors (Lipinski definition) is 0. The normalized spacial score (nSPS) is 11.3. The second kappa shape index (κ2) is 4.57. The average Bonchev–Trinajstić information content (AvgIpc) is 2.83. The standard InChI is InChI=1S/C17H12ClN3/c1-11-15-10-12-4-2-3-5-16(12)19-17(15)21(20-11)14-8-6-13(18)7-9-14/h2-10H,1H3. The van der Waals surface area contributed by atoms with Gasteiger partial charge >= 0.3 is 0 Å². The van der Waals surface area contributed by atoms with E-state index in [1.807, 2.05) is 54.1 Å². The largest absolute Gasteiger partial charge is 0.228 e. The molecule has 0 unspecified atom stereocenters. The minimum absolute atomic E-state index is 0.713. The van der Waals surface area contributed by atoms with Gasteiger partial charge in [-0.05, 0) is 43.3 Å². The van der Waals surface area contributed by atoms with Crippen LogP contribution in [0.4, 0.5) is 0 Å². The molecule has 4 rings (SSSR count). The van der Waals surface area contributed by atoms with Crippen LogP contribution in [0.3, 0.4) is 0 Å². The Bertz CT molecular complexity index is 955. The zero-order valence-corrected chi connectivity index (χ0v) is 12.2. The maximum atomic E-state index is 5.96. The van der Waals surface area contributed by atoms with Crippen LogP contribution in [-0.2, 0) is 0 Å². The fourth-order valence-corrected chi connectivity index (χ4v) is 2.67. The maximum Gasteiger partial charge on any atom is 0.163 e. The summed E-state index contributed by atoms with van der Waals surface area (Å²) < 4.78 is 1.87. The van der Waals surface area contributed by atoms with Crippen LogP contribution < -0.4 is 0 Å². The Balaban J connectivity index is 2.05. The van der Waals surface area contributed by atoms with Gasteiger partial charge < -0.3 is 0 Å². The molecule has 0 aliphatic heterocycles. The van der Waals surface area contributed by atoms with E-state index in [-0.39, 0.29) is 0 Å². The molecule has 2 aromatic heterocycles. The van der Waals surface area contributed by atoms with Crippen LogP contribution in [0.2, 0.25) is 5.02 Å². The third-order valence-corrected chi connectivity index (χ3v) is 3.87. The number of aryl methyl sites for hydroxylation is 1. The SMILES string of the molecule is Cc1nn(-c2ccc(Cl)cc2)c2nc3ccccc3cc12. The number of rotatable bonds is 1. The van der Waals surface area contributed by atoms with E-state index >= 15 is 0 Å². The Morgan fingerprint density at radius 3 is 2.57 bits per heavy atom. The van der Waals surface area contributed by atoms with E-state index in [1.165, 1.54) is 0 Å². The first-order valence-corrected chi connectivity index (χ1v) is 7.11. The molecule has 4 aromatic rings. The van der Waals surface area contributed by atoms with Crippen molar-refractivity contribution in [3.05, 3.63) is 65.3 Å². The zero-order chi connectivity index (χ0) is 14.4. The lowest BCUT2D eigenvalue weighted by Gasteiger charge is -2.03. The van der Waals surface area contributed by atoms with E-state index in [1.54, 1.807) is 0 Å². The predicted octanol–water partition coefficient (Wildman–Crippen LogP) is 4.54. The van der Waals surface area contributed by atoms with Crippen molar-refractivity contribution in [2.45, 2.75) is 6.92 Å². The van der Waals surface area contributed by atoms with Gasteiger partial charge in [0.05, 0.1) is 16.9 Å². The smallest absolute Gasteiger partial charge is 0.163 e. The summed E-state index contributed by atoms with van der Waals surface area (Å²) in [5.41, 5.74) is 3.77. The molecule has 3 nitrogen and oxygen atoms in total.